The van der Waals surface area contributed by atoms with Gasteiger partial charge in [0, 0.05) is 16.8 Å². The van der Waals surface area contributed by atoms with Gasteiger partial charge in [-0.05, 0) is 63.0 Å². The SMILES string of the molecule is C#CC#CC#C.Cc1nn(C(=O)OC(C)(C)C)c2cc(F)c(CBr)cc12. The monoisotopic (exact) mass is 416 g/mol. The number of aryl methyl sites for hydroxylation is 1. The normalized spacial score (nSPS) is 9.85. The molecule has 2 aromatic rings. The van der Waals surface area contributed by atoms with Gasteiger partial charge >= 0.3 is 6.09 Å². The average molecular weight is 417 g/mol. The van der Waals surface area contributed by atoms with Gasteiger partial charge in [-0.25, -0.2) is 9.18 Å². The zero-order valence-electron chi connectivity index (χ0n) is 15.0. The molecule has 0 amide bonds. The highest BCUT2D eigenvalue weighted by Gasteiger charge is 2.22. The van der Waals surface area contributed by atoms with Gasteiger partial charge in [-0.15, -0.1) is 12.8 Å². The van der Waals surface area contributed by atoms with Crippen molar-refractivity contribution in [1.82, 2.24) is 9.78 Å². The number of halogens is 2. The van der Waals surface area contributed by atoms with Crippen molar-refractivity contribution in [1.29, 1.82) is 0 Å². The standard InChI is InChI=1S/C14H16BrFN2O2.C6H2/c1-8-10-5-9(7-15)11(16)6-12(10)18(17-8)13(19)20-14(2,3)4;1-3-5-6-4-2/h5-6H,7H2,1-4H3;1-2H. The van der Waals surface area contributed by atoms with E-state index in [0.29, 0.717) is 22.1 Å². The number of carbonyl (C=O) groups is 1. The van der Waals surface area contributed by atoms with E-state index in [-0.39, 0.29) is 5.82 Å². The van der Waals surface area contributed by atoms with E-state index < -0.39 is 11.7 Å². The number of hydrogen-bond donors (Lipinski definition) is 0. The Labute approximate surface area is 161 Å². The molecule has 0 saturated carbocycles. The van der Waals surface area contributed by atoms with Crippen LogP contribution in [0, 0.1) is 49.3 Å². The molecule has 0 fully saturated rings. The second kappa shape index (κ2) is 9.09. The fraction of sp³-hybridized carbons (Fsp3) is 0.300. The Morgan fingerprint density at radius 3 is 2.35 bits per heavy atom. The first kappa shape index (κ1) is 21.3. The summed E-state index contributed by atoms with van der Waals surface area (Å²) in [6.45, 7) is 7.09. The molecule has 0 aliphatic carbocycles. The summed E-state index contributed by atoms with van der Waals surface area (Å²) in [5.41, 5.74) is 0.980. The second-order valence-corrected chi connectivity index (χ2v) is 6.67. The van der Waals surface area contributed by atoms with Crippen molar-refractivity contribution in [3.8, 4) is 36.5 Å². The van der Waals surface area contributed by atoms with Crippen LogP contribution in [0.1, 0.15) is 32.0 Å². The quantitative estimate of drug-likeness (QED) is 0.510. The molecule has 0 unspecified atom stereocenters. The van der Waals surface area contributed by atoms with Crippen molar-refractivity contribution in [2.45, 2.75) is 38.6 Å². The van der Waals surface area contributed by atoms with E-state index in [0.717, 1.165) is 10.1 Å². The lowest BCUT2D eigenvalue weighted by atomic mass is 10.1. The Kier molecular flexibility index (Phi) is 7.44. The van der Waals surface area contributed by atoms with Crippen LogP contribution in [0.25, 0.3) is 10.9 Å². The minimum absolute atomic E-state index is 0.376. The van der Waals surface area contributed by atoms with E-state index in [2.05, 4.69) is 44.7 Å². The fourth-order valence-corrected chi connectivity index (χ4v) is 2.38. The van der Waals surface area contributed by atoms with Crippen molar-refractivity contribution in [2.24, 2.45) is 0 Å². The molecular weight excluding hydrogens is 399 g/mol. The van der Waals surface area contributed by atoms with E-state index in [1.54, 1.807) is 33.8 Å². The van der Waals surface area contributed by atoms with Crippen LogP contribution in [0.4, 0.5) is 9.18 Å². The summed E-state index contributed by atoms with van der Waals surface area (Å²) in [5.74, 6) is 8.23. The third kappa shape index (κ3) is 5.66. The second-order valence-electron chi connectivity index (χ2n) is 6.11. The lowest BCUT2D eigenvalue weighted by Crippen LogP contribution is -2.27. The minimum atomic E-state index is -0.627. The minimum Gasteiger partial charge on any atom is -0.442 e. The highest BCUT2D eigenvalue weighted by atomic mass is 79.9. The summed E-state index contributed by atoms with van der Waals surface area (Å²) in [5, 5.41) is 5.30. The highest BCUT2D eigenvalue weighted by Crippen LogP contribution is 2.24. The molecule has 0 spiro atoms. The Hall–Kier alpha value is -2.75. The van der Waals surface area contributed by atoms with Gasteiger partial charge in [-0.1, -0.05) is 15.9 Å². The summed E-state index contributed by atoms with van der Waals surface area (Å²) < 4.78 is 20.3. The number of alkyl halides is 1. The molecule has 1 aromatic carbocycles. The van der Waals surface area contributed by atoms with Crippen molar-refractivity contribution in [3.05, 3.63) is 29.2 Å². The Morgan fingerprint density at radius 1 is 1.31 bits per heavy atom. The zero-order chi connectivity index (χ0) is 19.9. The van der Waals surface area contributed by atoms with Crippen LogP contribution in [-0.2, 0) is 10.1 Å². The molecule has 0 bridgehead atoms. The van der Waals surface area contributed by atoms with Gasteiger partial charge in [-0.3, -0.25) is 0 Å². The number of benzene rings is 1. The van der Waals surface area contributed by atoms with E-state index in [1.807, 2.05) is 0 Å². The van der Waals surface area contributed by atoms with Crippen LogP contribution >= 0.6 is 15.9 Å². The predicted octanol–water partition coefficient (Wildman–Crippen LogP) is 4.42. The zero-order valence-corrected chi connectivity index (χ0v) is 16.6. The number of carbonyl (C=O) groups excluding carboxylic acids is 1. The molecule has 0 radical (unpaired) electrons. The number of rotatable bonds is 1. The predicted molar refractivity (Wildman–Crippen MR) is 104 cm³/mol. The third-order valence-electron chi connectivity index (χ3n) is 2.95. The molecule has 134 valence electrons. The first-order valence-electron chi connectivity index (χ1n) is 7.53. The number of aromatic nitrogens is 2. The molecule has 0 aliphatic rings. The van der Waals surface area contributed by atoms with Crippen molar-refractivity contribution < 1.29 is 13.9 Å². The molecule has 6 heteroatoms. The summed E-state index contributed by atoms with van der Waals surface area (Å²) >= 11 is 3.24. The van der Waals surface area contributed by atoms with E-state index in [9.17, 15) is 9.18 Å². The Balaban J connectivity index is 0.000000487. The lowest BCUT2D eigenvalue weighted by Gasteiger charge is -2.19. The van der Waals surface area contributed by atoms with Gasteiger partial charge < -0.3 is 4.74 Å². The molecule has 0 atom stereocenters. The fourth-order valence-electron chi connectivity index (χ4n) is 1.95. The van der Waals surface area contributed by atoms with Crippen LogP contribution < -0.4 is 0 Å². The van der Waals surface area contributed by atoms with Crippen LogP contribution in [0.15, 0.2) is 12.1 Å². The maximum atomic E-state index is 13.9. The van der Waals surface area contributed by atoms with Crippen LogP contribution in [0.5, 0.6) is 0 Å². The average Bonchev–Trinajstić information content (AvgIpc) is 2.87. The molecule has 26 heavy (non-hydrogen) atoms. The van der Waals surface area contributed by atoms with E-state index >= 15 is 0 Å². The molecular formula is C20H18BrFN2O2. The third-order valence-corrected chi connectivity index (χ3v) is 3.55. The van der Waals surface area contributed by atoms with Gasteiger partial charge in [0.1, 0.15) is 11.4 Å². The van der Waals surface area contributed by atoms with Crippen molar-refractivity contribution in [2.75, 3.05) is 0 Å². The van der Waals surface area contributed by atoms with Gasteiger partial charge in [0.2, 0.25) is 0 Å². The topological polar surface area (TPSA) is 44.1 Å². The summed E-state index contributed by atoms with van der Waals surface area (Å²) in [6.07, 6.45) is 8.78. The lowest BCUT2D eigenvalue weighted by molar-refractivity contribution is 0.0522. The summed E-state index contributed by atoms with van der Waals surface area (Å²) in [7, 11) is 0. The molecule has 1 heterocycles. The van der Waals surface area contributed by atoms with Gasteiger partial charge in [-0.2, -0.15) is 9.78 Å². The molecule has 0 aliphatic heterocycles. The molecule has 0 saturated heterocycles. The maximum Gasteiger partial charge on any atom is 0.435 e. The van der Waals surface area contributed by atoms with Crippen molar-refractivity contribution in [3.63, 3.8) is 0 Å². The van der Waals surface area contributed by atoms with Gasteiger partial charge in [0.15, 0.2) is 0 Å². The van der Waals surface area contributed by atoms with E-state index in [1.165, 1.54) is 6.07 Å². The molecule has 1 aromatic heterocycles. The molecule has 4 nitrogen and oxygen atoms in total. The summed E-state index contributed by atoms with van der Waals surface area (Å²) in [6, 6.07) is 3.01. The Bertz CT molecular complexity index is 943. The van der Waals surface area contributed by atoms with E-state index in [4.69, 9.17) is 17.6 Å². The number of fused-ring (bicyclic) bond motifs is 1. The van der Waals surface area contributed by atoms with Crippen LogP contribution in [0.2, 0.25) is 0 Å². The first-order valence-corrected chi connectivity index (χ1v) is 8.65. The van der Waals surface area contributed by atoms with Crippen LogP contribution in [-0.4, -0.2) is 21.5 Å². The Morgan fingerprint density at radius 2 is 1.88 bits per heavy atom. The van der Waals surface area contributed by atoms with Gasteiger partial charge in [0.05, 0.1) is 11.2 Å². The number of hydrogen-bond acceptors (Lipinski definition) is 3. The van der Waals surface area contributed by atoms with Crippen LogP contribution in [0.3, 0.4) is 0 Å². The largest absolute Gasteiger partial charge is 0.442 e. The molecule has 2 rings (SSSR count). The number of terminal acetylenes is 2. The summed E-state index contributed by atoms with van der Waals surface area (Å²) in [4.78, 5) is 12.1. The number of nitrogens with zero attached hydrogens (tertiary/aromatic N) is 2. The van der Waals surface area contributed by atoms with Crippen molar-refractivity contribution >= 4 is 32.9 Å². The first-order chi connectivity index (χ1) is 12.1. The molecule has 0 N–H and O–H groups in total. The number of ether oxygens (including phenoxy) is 1. The maximum absolute atomic E-state index is 13.9. The highest BCUT2D eigenvalue weighted by molar-refractivity contribution is 9.08. The smallest absolute Gasteiger partial charge is 0.435 e. The van der Waals surface area contributed by atoms with Gasteiger partial charge in [0.25, 0.3) is 0 Å².